The van der Waals surface area contributed by atoms with Crippen molar-refractivity contribution in [2.24, 2.45) is 0 Å². The number of hydrogen-bond donors (Lipinski definition) is 1. The van der Waals surface area contributed by atoms with Crippen LogP contribution in [-0.2, 0) is 4.74 Å². The molecular formula is C17H24FN3O2. The Bertz CT molecular complexity index is 556. The largest absolute Gasteiger partial charge is 0.444 e. The van der Waals surface area contributed by atoms with Gasteiger partial charge in [-0.1, -0.05) is 0 Å². The third kappa shape index (κ3) is 3.74. The molecule has 2 fully saturated rings. The molecule has 2 atom stereocenters. The van der Waals surface area contributed by atoms with Crippen LogP contribution in [0.1, 0.15) is 46.5 Å². The van der Waals surface area contributed by atoms with Gasteiger partial charge in [-0.05, 0) is 58.6 Å². The van der Waals surface area contributed by atoms with Gasteiger partial charge in [0.1, 0.15) is 5.60 Å². The summed E-state index contributed by atoms with van der Waals surface area (Å²) < 4.78 is 18.4. The normalized spacial score (nSPS) is 27.0. The molecule has 1 N–H and O–H groups in total. The zero-order valence-electron chi connectivity index (χ0n) is 13.9. The molecule has 2 aliphatic heterocycles. The summed E-state index contributed by atoms with van der Waals surface area (Å²) >= 11 is 0. The second-order valence-electron chi connectivity index (χ2n) is 7.45. The molecule has 2 unspecified atom stereocenters. The summed E-state index contributed by atoms with van der Waals surface area (Å²) in [5.41, 5.74) is 0.354. The Hall–Kier alpha value is -1.85. The Morgan fingerprint density at radius 1 is 1.30 bits per heavy atom. The fourth-order valence-corrected chi connectivity index (χ4v) is 3.60. The molecule has 0 radical (unpaired) electrons. The number of anilines is 1. The summed E-state index contributed by atoms with van der Waals surface area (Å²) in [6, 6.07) is 3.76. The van der Waals surface area contributed by atoms with Gasteiger partial charge in [0.2, 0.25) is 5.95 Å². The fourth-order valence-electron chi connectivity index (χ4n) is 3.60. The summed E-state index contributed by atoms with van der Waals surface area (Å²) in [6.07, 6.45) is 5.11. The van der Waals surface area contributed by atoms with Crippen molar-refractivity contribution in [2.75, 3.05) is 5.32 Å². The number of fused-ring (bicyclic) bond motifs is 2. The Labute approximate surface area is 136 Å². The van der Waals surface area contributed by atoms with Gasteiger partial charge in [-0.25, -0.2) is 9.78 Å². The van der Waals surface area contributed by atoms with E-state index in [0.29, 0.717) is 0 Å². The van der Waals surface area contributed by atoms with E-state index in [1.165, 1.54) is 12.3 Å². The number of rotatable bonds is 2. The third-order valence-electron chi connectivity index (χ3n) is 4.44. The number of aromatic nitrogens is 1. The van der Waals surface area contributed by atoms with E-state index in [2.05, 4.69) is 10.3 Å². The number of ether oxygens (including phenoxy) is 1. The maximum atomic E-state index is 12.9. The Morgan fingerprint density at radius 3 is 2.48 bits per heavy atom. The predicted octanol–water partition coefficient (Wildman–Crippen LogP) is 3.56. The molecular weight excluding hydrogens is 297 g/mol. The van der Waals surface area contributed by atoms with Crippen LogP contribution in [0.25, 0.3) is 0 Å². The highest BCUT2D eigenvalue weighted by Gasteiger charge is 2.44. The average molecular weight is 321 g/mol. The van der Waals surface area contributed by atoms with Gasteiger partial charge < -0.3 is 15.0 Å². The lowest BCUT2D eigenvalue weighted by Gasteiger charge is -2.39. The number of piperidine rings is 1. The number of hydrogen-bond acceptors (Lipinski definition) is 4. The van der Waals surface area contributed by atoms with Gasteiger partial charge in [0.25, 0.3) is 0 Å². The number of nitrogens with one attached hydrogen (secondary N) is 1. The second-order valence-corrected chi connectivity index (χ2v) is 7.45. The summed E-state index contributed by atoms with van der Waals surface area (Å²) in [4.78, 5) is 18.0. The van der Waals surface area contributed by atoms with E-state index < -0.39 is 11.5 Å². The van der Waals surface area contributed by atoms with E-state index >= 15 is 0 Å². The first-order chi connectivity index (χ1) is 10.8. The molecule has 2 saturated heterocycles. The molecule has 3 rings (SSSR count). The molecule has 0 saturated carbocycles. The summed E-state index contributed by atoms with van der Waals surface area (Å²) in [5.74, 6) is -0.477. The van der Waals surface area contributed by atoms with Crippen molar-refractivity contribution in [3.63, 3.8) is 0 Å². The van der Waals surface area contributed by atoms with Crippen molar-refractivity contribution in [3.05, 3.63) is 24.3 Å². The van der Waals surface area contributed by atoms with Crippen LogP contribution < -0.4 is 5.32 Å². The quantitative estimate of drug-likeness (QED) is 0.846. The molecule has 0 aliphatic carbocycles. The highest BCUT2D eigenvalue weighted by molar-refractivity contribution is 5.69. The smallest absolute Gasteiger partial charge is 0.410 e. The third-order valence-corrected chi connectivity index (χ3v) is 4.44. The number of pyridine rings is 1. The molecule has 1 amide bonds. The Balaban J connectivity index is 1.62. The van der Waals surface area contributed by atoms with E-state index in [4.69, 9.17) is 4.74 Å². The second kappa shape index (κ2) is 5.98. The van der Waals surface area contributed by atoms with Crippen LogP contribution >= 0.6 is 0 Å². The molecule has 2 bridgehead atoms. The summed E-state index contributed by atoms with van der Waals surface area (Å²) in [5, 5.41) is 3.41. The van der Waals surface area contributed by atoms with E-state index in [1.54, 1.807) is 6.07 Å². The van der Waals surface area contributed by atoms with Gasteiger partial charge in [0.15, 0.2) is 0 Å². The van der Waals surface area contributed by atoms with Crippen molar-refractivity contribution in [2.45, 2.75) is 70.2 Å². The van der Waals surface area contributed by atoms with Crippen LogP contribution in [0, 0.1) is 5.95 Å². The molecule has 126 valence electrons. The molecule has 23 heavy (non-hydrogen) atoms. The number of amides is 1. The fraction of sp³-hybridized carbons (Fsp3) is 0.647. The number of carbonyl (C=O) groups excluding carboxylic acids is 1. The van der Waals surface area contributed by atoms with Crippen LogP contribution in [0.3, 0.4) is 0 Å². The molecule has 6 heteroatoms. The minimum absolute atomic E-state index is 0.202. The molecule has 5 nitrogen and oxygen atoms in total. The molecule has 1 aromatic rings. The van der Waals surface area contributed by atoms with Crippen molar-refractivity contribution in [1.29, 1.82) is 0 Å². The molecule has 3 heterocycles. The van der Waals surface area contributed by atoms with Crippen molar-refractivity contribution in [1.82, 2.24) is 9.88 Å². The van der Waals surface area contributed by atoms with Gasteiger partial charge >= 0.3 is 6.09 Å². The van der Waals surface area contributed by atoms with Gasteiger partial charge in [-0.3, -0.25) is 0 Å². The topological polar surface area (TPSA) is 54.5 Å². The average Bonchev–Trinajstić information content (AvgIpc) is 2.72. The lowest BCUT2D eigenvalue weighted by molar-refractivity contribution is 0.00683. The van der Waals surface area contributed by atoms with Crippen LogP contribution in [0.15, 0.2) is 18.3 Å². The SMILES string of the molecule is CC(C)(C)OC(=O)N1C2CCC1CC(Nc1ccc(F)nc1)C2. The zero-order chi connectivity index (χ0) is 16.6. The number of nitrogens with zero attached hydrogens (tertiary/aromatic N) is 2. The van der Waals surface area contributed by atoms with Crippen LogP contribution in [-0.4, -0.2) is 39.7 Å². The highest BCUT2D eigenvalue weighted by Crippen LogP contribution is 2.37. The number of halogens is 1. The van der Waals surface area contributed by atoms with Gasteiger partial charge in [0, 0.05) is 18.1 Å². The van der Waals surface area contributed by atoms with E-state index in [9.17, 15) is 9.18 Å². The minimum atomic E-state index is -0.477. The zero-order valence-corrected chi connectivity index (χ0v) is 13.9. The van der Waals surface area contributed by atoms with Gasteiger partial charge in [-0.2, -0.15) is 4.39 Å². The lowest BCUT2D eigenvalue weighted by Crippen LogP contribution is -2.51. The first-order valence-corrected chi connectivity index (χ1v) is 8.21. The maximum absolute atomic E-state index is 12.9. The van der Waals surface area contributed by atoms with Crippen molar-refractivity contribution < 1.29 is 13.9 Å². The number of carbonyl (C=O) groups is 1. The first-order valence-electron chi connectivity index (χ1n) is 8.21. The van der Waals surface area contributed by atoms with Gasteiger partial charge in [0.05, 0.1) is 11.9 Å². The van der Waals surface area contributed by atoms with Crippen LogP contribution in [0.4, 0.5) is 14.9 Å². The van der Waals surface area contributed by atoms with Crippen LogP contribution in [0.5, 0.6) is 0 Å². The minimum Gasteiger partial charge on any atom is -0.444 e. The van der Waals surface area contributed by atoms with Crippen molar-refractivity contribution >= 4 is 11.8 Å². The van der Waals surface area contributed by atoms with E-state index in [1.807, 2.05) is 25.7 Å². The first kappa shape index (κ1) is 16.0. The van der Waals surface area contributed by atoms with E-state index in [-0.39, 0.29) is 24.2 Å². The van der Waals surface area contributed by atoms with Crippen molar-refractivity contribution in [3.8, 4) is 0 Å². The Kier molecular flexibility index (Phi) is 4.17. The Morgan fingerprint density at radius 2 is 1.96 bits per heavy atom. The molecule has 0 spiro atoms. The monoisotopic (exact) mass is 321 g/mol. The van der Waals surface area contributed by atoms with E-state index in [0.717, 1.165) is 31.4 Å². The summed E-state index contributed by atoms with van der Waals surface area (Å²) in [7, 11) is 0. The standard InChI is InChI=1S/C17H24FN3O2/c1-17(2,3)23-16(22)21-13-5-6-14(21)9-12(8-13)20-11-4-7-15(18)19-10-11/h4,7,10,12-14,20H,5-6,8-9H2,1-3H3. The maximum Gasteiger partial charge on any atom is 0.410 e. The lowest BCUT2D eigenvalue weighted by atomic mass is 9.97. The highest BCUT2D eigenvalue weighted by atomic mass is 19.1. The molecule has 1 aromatic heterocycles. The van der Waals surface area contributed by atoms with Crippen LogP contribution in [0.2, 0.25) is 0 Å². The predicted molar refractivity (Wildman–Crippen MR) is 85.7 cm³/mol. The summed E-state index contributed by atoms with van der Waals surface area (Å²) in [6.45, 7) is 5.67. The molecule has 2 aliphatic rings. The van der Waals surface area contributed by atoms with Gasteiger partial charge in [-0.15, -0.1) is 0 Å². The molecule has 0 aromatic carbocycles.